The maximum Gasteiger partial charge on any atom is 0.513 e. The summed E-state index contributed by atoms with van der Waals surface area (Å²) >= 11 is 0. The van der Waals surface area contributed by atoms with Crippen LogP contribution in [0.15, 0.2) is 36.4 Å². The van der Waals surface area contributed by atoms with E-state index in [0.29, 0.717) is 46.3 Å². The summed E-state index contributed by atoms with van der Waals surface area (Å²) in [4.78, 5) is 25.0. The molecule has 0 saturated heterocycles. The fourth-order valence-electron chi connectivity index (χ4n) is 3.94. The largest absolute Gasteiger partial charge is 0.513 e. The fraction of sp³-hybridized carbons (Fsp3) is 0.429. The standard InChI is InChI=1S/C28H34O6/c1-5-9-15-31-27(29)33-25-21-13-11-12-14-22(21)26(34-28(30)32-16-10-6-2)24-18-20(8-4)19(7-3)17-23(24)25/h11-14,17-18H,5-10,15-16H2,1-4H3. The molecule has 0 atom stereocenters. The van der Waals surface area contributed by atoms with Gasteiger partial charge in [-0.05, 0) is 48.9 Å². The topological polar surface area (TPSA) is 71.1 Å². The molecule has 3 aromatic rings. The van der Waals surface area contributed by atoms with E-state index in [9.17, 15) is 9.59 Å². The van der Waals surface area contributed by atoms with E-state index in [1.165, 1.54) is 0 Å². The quantitative estimate of drug-likeness (QED) is 0.132. The van der Waals surface area contributed by atoms with E-state index in [2.05, 4.69) is 13.8 Å². The number of ether oxygens (including phenoxy) is 4. The molecule has 0 heterocycles. The van der Waals surface area contributed by atoms with Gasteiger partial charge in [0.2, 0.25) is 0 Å². The molecule has 0 aliphatic heterocycles. The highest BCUT2D eigenvalue weighted by Crippen LogP contribution is 2.44. The molecule has 0 aliphatic carbocycles. The maximum atomic E-state index is 12.5. The molecule has 0 aromatic heterocycles. The molecule has 3 rings (SSSR count). The molecule has 0 radical (unpaired) electrons. The van der Waals surface area contributed by atoms with Gasteiger partial charge in [-0.25, -0.2) is 9.59 Å². The first-order chi connectivity index (χ1) is 16.5. The van der Waals surface area contributed by atoms with Gasteiger partial charge in [0.25, 0.3) is 0 Å². The Morgan fingerprint density at radius 2 is 1.06 bits per heavy atom. The summed E-state index contributed by atoms with van der Waals surface area (Å²) in [6.07, 6.45) is 3.52. The van der Waals surface area contributed by atoms with Gasteiger partial charge in [0.1, 0.15) is 11.5 Å². The van der Waals surface area contributed by atoms with Crippen LogP contribution in [0.4, 0.5) is 9.59 Å². The Balaban J connectivity index is 2.18. The van der Waals surface area contributed by atoms with Gasteiger partial charge < -0.3 is 18.9 Å². The van der Waals surface area contributed by atoms with Gasteiger partial charge in [-0.2, -0.15) is 0 Å². The SMILES string of the molecule is CCCCOC(=O)Oc1c2ccccc2c(OC(=O)OCCCC)c2cc(CC)c(CC)cc12. The van der Waals surface area contributed by atoms with Crippen LogP contribution in [0.5, 0.6) is 11.5 Å². The number of unbranched alkanes of at least 4 members (excludes halogenated alkanes) is 2. The third-order valence-corrected chi connectivity index (χ3v) is 5.81. The van der Waals surface area contributed by atoms with Crippen LogP contribution in [0.1, 0.15) is 64.5 Å². The summed E-state index contributed by atoms with van der Waals surface area (Å²) in [6.45, 7) is 8.83. The molecule has 34 heavy (non-hydrogen) atoms. The van der Waals surface area contributed by atoms with Crippen molar-refractivity contribution in [1.82, 2.24) is 0 Å². The lowest BCUT2D eigenvalue weighted by molar-refractivity contribution is 0.0970. The minimum Gasteiger partial charge on any atom is -0.434 e. The number of rotatable bonds is 10. The molecular formula is C28H34O6. The van der Waals surface area contributed by atoms with Crippen LogP contribution in [-0.4, -0.2) is 25.5 Å². The van der Waals surface area contributed by atoms with Crippen molar-refractivity contribution in [1.29, 1.82) is 0 Å². The van der Waals surface area contributed by atoms with Crippen LogP contribution in [0, 0.1) is 0 Å². The summed E-state index contributed by atoms with van der Waals surface area (Å²) in [7, 11) is 0. The second-order valence-corrected chi connectivity index (χ2v) is 8.19. The monoisotopic (exact) mass is 466 g/mol. The first-order valence-corrected chi connectivity index (χ1v) is 12.2. The van der Waals surface area contributed by atoms with Crippen molar-refractivity contribution < 1.29 is 28.5 Å². The molecule has 0 aliphatic rings. The average Bonchev–Trinajstić information content (AvgIpc) is 2.85. The third kappa shape index (κ3) is 5.79. The highest BCUT2D eigenvalue weighted by molar-refractivity contribution is 6.12. The van der Waals surface area contributed by atoms with E-state index in [-0.39, 0.29) is 0 Å². The summed E-state index contributed by atoms with van der Waals surface area (Å²) in [5.74, 6) is 0.798. The lowest BCUT2D eigenvalue weighted by atomic mass is 9.94. The van der Waals surface area contributed by atoms with Gasteiger partial charge in [0, 0.05) is 21.5 Å². The van der Waals surface area contributed by atoms with E-state index < -0.39 is 12.3 Å². The fourth-order valence-corrected chi connectivity index (χ4v) is 3.94. The van der Waals surface area contributed by atoms with E-state index in [1.807, 2.05) is 50.2 Å². The highest BCUT2D eigenvalue weighted by Gasteiger charge is 2.22. The van der Waals surface area contributed by atoms with Crippen LogP contribution >= 0.6 is 0 Å². The van der Waals surface area contributed by atoms with Crippen LogP contribution in [0.25, 0.3) is 21.5 Å². The molecule has 6 heteroatoms. The minimum absolute atomic E-state index is 0.302. The van der Waals surface area contributed by atoms with Crippen LogP contribution in [-0.2, 0) is 22.3 Å². The number of aryl methyl sites for hydroxylation is 2. The third-order valence-electron chi connectivity index (χ3n) is 5.81. The van der Waals surface area contributed by atoms with E-state index in [1.54, 1.807) is 0 Å². The summed E-state index contributed by atoms with van der Waals surface area (Å²) in [5, 5.41) is 2.70. The van der Waals surface area contributed by atoms with Crippen molar-refractivity contribution in [3.05, 3.63) is 47.5 Å². The maximum absolute atomic E-state index is 12.5. The van der Waals surface area contributed by atoms with Gasteiger partial charge in [0.05, 0.1) is 13.2 Å². The Hall–Kier alpha value is -3.28. The first kappa shape index (κ1) is 25.3. The molecule has 0 N–H and O–H groups in total. The Kier molecular flexibility index (Phi) is 9.14. The number of hydrogen-bond acceptors (Lipinski definition) is 6. The second kappa shape index (κ2) is 12.3. The van der Waals surface area contributed by atoms with Crippen LogP contribution in [0.3, 0.4) is 0 Å². The van der Waals surface area contributed by atoms with Gasteiger partial charge in [-0.1, -0.05) is 64.8 Å². The van der Waals surface area contributed by atoms with Gasteiger partial charge >= 0.3 is 12.3 Å². The summed E-state index contributed by atoms with van der Waals surface area (Å²) < 4.78 is 22.1. The molecule has 0 spiro atoms. The van der Waals surface area contributed by atoms with Crippen molar-refractivity contribution in [3.63, 3.8) is 0 Å². The van der Waals surface area contributed by atoms with Crippen molar-refractivity contribution in [2.45, 2.75) is 66.2 Å². The lowest BCUT2D eigenvalue weighted by Gasteiger charge is -2.18. The highest BCUT2D eigenvalue weighted by atomic mass is 16.7. The number of hydrogen-bond donors (Lipinski definition) is 0. The average molecular weight is 467 g/mol. The summed E-state index contributed by atoms with van der Waals surface area (Å²) in [5.41, 5.74) is 2.29. The van der Waals surface area contributed by atoms with Crippen LogP contribution < -0.4 is 9.47 Å². The minimum atomic E-state index is -0.745. The predicted octanol–water partition coefficient (Wildman–Crippen LogP) is 7.75. The van der Waals surface area contributed by atoms with Gasteiger partial charge in [0.15, 0.2) is 0 Å². The zero-order valence-electron chi connectivity index (χ0n) is 20.6. The Morgan fingerprint density at radius 3 is 1.41 bits per heavy atom. The molecule has 0 bridgehead atoms. The molecule has 0 fully saturated rings. The molecular weight excluding hydrogens is 432 g/mol. The summed E-state index contributed by atoms with van der Waals surface area (Å²) in [6, 6.07) is 11.4. The molecule has 3 aromatic carbocycles. The zero-order chi connectivity index (χ0) is 24.5. The first-order valence-electron chi connectivity index (χ1n) is 12.2. The number of benzene rings is 3. The normalized spacial score (nSPS) is 10.9. The number of carbonyl (C=O) groups is 2. The van der Waals surface area contributed by atoms with Crippen LogP contribution in [0.2, 0.25) is 0 Å². The number of fused-ring (bicyclic) bond motifs is 2. The van der Waals surface area contributed by atoms with E-state index in [0.717, 1.165) is 49.7 Å². The lowest BCUT2D eigenvalue weighted by Crippen LogP contribution is -2.14. The molecule has 0 unspecified atom stereocenters. The van der Waals surface area contributed by atoms with Gasteiger partial charge in [-0.15, -0.1) is 0 Å². The van der Waals surface area contributed by atoms with Crippen molar-refractivity contribution in [3.8, 4) is 11.5 Å². The zero-order valence-corrected chi connectivity index (χ0v) is 20.6. The van der Waals surface area contributed by atoms with Crippen molar-refractivity contribution in [2.75, 3.05) is 13.2 Å². The van der Waals surface area contributed by atoms with Crippen molar-refractivity contribution in [2.24, 2.45) is 0 Å². The molecule has 0 amide bonds. The van der Waals surface area contributed by atoms with E-state index >= 15 is 0 Å². The molecule has 0 saturated carbocycles. The molecule has 6 nitrogen and oxygen atoms in total. The Bertz CT molecular complexity index is 1060. The second-order valence-electron chi connectivity index (χ2n) is 8.19. The predicted molar refractivity (Wildman–Crippen MR) is 134 cm³/mol. The van der Waals surface area contributed by atoms with E-state index in [4.69, 9.17) is 18.9 Å². The van der Waals surface area contributed by atoms with Gasteiger partial charge in [-0.3, -0.25) is 0 Å². The smallest absolute Gasteiger partial charge is 0.434 e. The Morgan fingerprint density at radius 1 is 0.647 bits per heavy atom. The molecule has 182 valence electrons. The van der Waals surface area contributed by atoms with Crippen molar-refractivity contribution >= 4 is 33.9 Å². The number of carbonyl (C=O) groups excluding carboxylic acids is 2. The Labute approximate surface area is 201 Å².